The van der Waals surface area contributed by atoms with E-state index in [4.69, 9.17) is 16.3 Å². The van der Waals surface area contributed by atoms with Gasteiger partial charge in [-0.1, -0.05) is 29.4 Å². The van der Waals surface area contributed by atoms with Crippen LogP contribution in [0.5, 0.6) is 5.75 Å². The molecular weight excluding hydrogens is 334 g/mol. The van der Waals surface area contributed by atoms with Crippen LogP contribution < -0.4 is 10.3 Å². The lowest BCUT2D eigenvalue weighted by Crippen LogP contribution is -2.35. The Labute approximate surface area is 144 Å². The van der Waals surface area contributed by atoms with Crippen LogP contribution in [0.15, 0.2) is 28.2 Å². The third kappa shape index (κ3) is 3.54. The number of hydrogen-bond acceptors (Lipinski definition) is 5. The largest absolute Gasteiger partial charge is 0.495 e. The summed E-state index contributed by atoms with van der Waals surface area (Å²) in [6.07, 6.45) is 2.70. The molecule has 1 aliphatic rings. The van der Waals surface area contributed by atoms with Crippen molar-refractivity contribution in [3.8, 4) is 5.75 Å². The Kier molecular flexibility index (Phi) is 4.94. The number of halogens is 1. The highest BCUT2D eigenvalue weighted by Gasteiger charge is 2.21. The van der Waals surface area contributed by atoms with Crippen LogP contribution in [0.25, 0.3) is 0 Å². The summed E-state index contributed by atoms with van der Waals surface area (Å²) in [5.41, 5.74) is 2.76. The normalized spacial score (nSPS) is 14.6. The van der Waals surface area contributed by atoms with Gasteiger partial charge >= 0.3 is 0 Å². The molecule has 1 aromatic carbocycles. The van der Waals surface area contributed by atoms with Crippen LogP contribution in [0.3, 0.4) is 0 Å². The van der Waals surface area contributed by atoms with E-state index in [1.165, 1.54) is 11.8 Å². The summed E-state index contributed by atoms with van der Waals surface area (Å²) in [6, 6.07) is 5.78. The molecule has 0 radical (unpaired) electrons. The van der Waals surface area contributed by atoms with E-state index in [1.54, 1.807) is 7.11 Å². The van der Waals surface area contributed by atoms with Gasteiger partial charge in [0, 0.05) is 26.1 Å². The highest BCUT2D eigenvalue weighted by Crippen LogP contribution is 2.26. The second-order valence-electron chi connectivity index (χ2n) is 5.43. The van der Waals surface area contributed by atoms with Gasteiger partial charge in [-0.05, 0) is 24.0 Å². The maximum atomic E-state index is 12.2. The standard InChI is InChI=1S/C16H18ClN3O2S/c1-22-14-4-3-10(7-12(14)17)8-20-6-5-13-11(9-20)15(21)19-16(18-13)23-2/h3-4,7H,5-6,8-9H2,1-2H3,(H,18,19,21). The molecule has 3 rings (SSSR count). The lowest BCUT2D eigenvalue weighted by molar-refractivity contribution is 0.241. The summed E-state index contributed by atoms with van der Waals surface area (Å²) in [6.45, 7) is 2.23. The van der Waals surface area contributed by atoms with Crippen molar-refractivity contribution in [3.63, 3.8) is 0 Å². The van der Waals surface area contributed by atoms with Crippen molar-refractivity contribution in [2.75, 3.05) is 19.9 Å². The number of methoxy groups -OCH3 is 1. The summed E-state index contributed by atoms with van der Waals surface area (Å²) in [7, 11) is 1.60. The average molecular weight is 352 g/mol. The number of hydrogen-bond donors (Lipinski definition) is 1. The molecule has 5 nitrogen and oxygen atoms in total. The van der Waals surface area contributed by atoms with E-state index in [-0.39, 0.29) is 5.56 Å². The monoisotopic (exact) mass is 351 g/mol. The number of thioether (sulfide) groups is 1. The van der Waals surface area contributed by atoms with Gasteiger partial charge in [0.2, 0.25) is 0 Å². The summed E-state index contributed by atoms with van der Waals surface area (Å²) in [5, 5.41) is 1.29. The number of ether oxygens (including phenoxy) is 1. The van der Waals surface area contributed by atoms with E-state index < -0.39 is 0 Å². The van der Waals surface area contributed by atoms with Crippen LogP contribution in [-0.2, 0) is 19.5 Å². The number of H-pyrrole nitrogens is 1. The Balaban J connectivity index is 1.77. The fourth-order valence-corrected chi connectivity index (χ4v) is 3.43. The van der Waals surface area contributed by atoms with Gasteiger partial charge in [-0.25, -0.2) is 4.98 Å². The predicted molar refractivity (Wildman–Crippen MR) is 92.5 cm³/mol. The van der Waals surface area contributed by atoms with Crippen molar-refractivity contribution in [1.29, 1.82) is 0 Å². The van der Waals surface area contributed by atoms with Gasteiger partial charge in [0.05, 0.1) is 23.4 Å². The third-order valence-corrected chi connectivity index (χ3v) is 4.82. The zero-order chi connectivity index (χ0) is 16.4. The molecule has 0 amide bonds. The van der Waals surface area contributed by atoms with Crippen molar-refractivity contribution in [1.82, 2.24) is 14.9 Å². The van der Waals surface area contributed by atoms with Crippen LogP contribution in [0.1, 0.15) is 16.8 Å². The lowest BCUT2D eigenvalue weighted by atomic mass is 10.1. The zero-order valence-electron chi connectivity index (χ0n) is 13.1. The Morgan fingerprint density at radius 2 is 2.30 bits per heavy atom. The van der Waals surface area contributed by atoms with Crippen molar-refractivity contribution in [2.45, 2.75) is 24.7 Å². The van der Waals surface area contributed by atoms with Gasteiger partial charge < -0.3 is 9.72 Å². The number of nitrogens with zero attached hydrogens (tertiary/aromatic N) is 2. The average Bonchev–Trinajstić information content (AvgIpc) is 2.55. The molecule has 23 heavy (non-hydrogen) atoms. The minimum atomic E-state index is -0.0307. The van der Waals surface area contributed by atoms with Crippen molar-refractivity contribution >= 4 is 23.4 Å². The molecule has 1 aromatic heterocycles. The molecule has 0 fully saturated rings. The number of nitrogens with one attached hydrogen (secondary N) is 1. The summed E-state index contributed by atoms with van der Waals surface area (Å²) in [5.74, 6) is 0.671. The van der Waals surface area contributed by atoms with Crippen molar-refractivity contribution < 1.29 is 4.74 Å². The first-order valence-electron chi connectivity index (χ1n) is 7.31. The fourth-order valence-electron chi connectivity index (χ4n) is 2.76. The lowest BCUT2D eigenvalue weighted by Gasteiger charge is -2.27. The van der Waals surface area contributed by atoms with Gasteiger partial charge in [0.1, 0.15) is 5.75 Å². The van der Waals surface area contributed by atoms with E-state index in [0.29, 0.717) is 22.5 Å². The molecular formula is C16H18ClN3O2S. The zero-order valence-corrected chi connectivity index (χ0v) is 14.6. The predicted octanol–water partition coefficient (Wildman–Crippen LogP) is 2.71. The number of aromatic nitrogens is 2. The number of benzene rings is 1. The van der Waals surface area contributed by atoms with Crippen LogP contribution in [0.4, 0.5) is 0 Å². The Bertz CT molecular complexity index is 778. The summed E-state index contributed by atoms with van der Waals surface area (Å²) < 4.78 is 5.17. The maximum Gasteiger partial charge on any atom is 0.256 e. The molecule has 2 heterocycles. The van der Waals surface area contributed by atoms with E-state index >= 15 is 0 Å². The first-order chi connectivity index (χ1) is 11.1. The highest BCUT2D eigenvalue weighted by molar-refractivity contribution is 7.98. The van der Waals surface area contributed by atoms with E-state index in [2.05, 4.69) is 14.9 Å². The van der Waals surface area contributed by atoms with Crippen LogP contribution in [0, 0.1) is 0 Å². The second-order valence-corrected chi connectivity index (χ2v) is 6.63. The molecule has 0 aliphatic carbocycles. The van der Waals surface area contributed by atoms with Crippen LogP contribution >= 0.6 is 23.4 Å². The molecule has 122 valence electrons. The van der Waals surface area contributed by atoms with E-state index in [0.717, 1.165) is 36.3 Å². The quantitative estimate of drug-likeness (QED) is 0.678. The summed E-state index contributed by atoms with van der Waals surface area (Å²) >= 11 is 7.63. The molecule has 0 saturated carbocycles. The fraction of sp³-hybridized carbons (Fsp3) is 0.375. The Morgan fingerprint density at radius 3 is 3.00 bits per heavy atom. The molecule has 0 saturated heterocycles. The maximum absolute atomic E-state index is 12.2. The molecule has 1 aliphatic heterocycles. The van der Waals surface area contributed by atoms with Gasteiger partial charge in [-0.3, -0.25) is 9.69 Å². The van der Waals surface area contributed by atoms with E-state index in [1.807, 2.05) is 24.5 Å². The molecule has 1 N–H and O–H groups in total. The second kappa shape index (κ2) is 6.95. The molecule has 2 aromatic rings. The third-order valence-electron chi connectivity index (χ3n) is 3.94. The SMILES string of the molecule is COc1ccc(CN2CCc3nc(SC)[nH]c(=O)c3C2)cc1Cl. The number of fused-ring (bicyclic) bond motifs is 1. The number of rotatable bonds is 4. The van der Waals surface area contributed by atoms with Crippen molar-refractivity contribution in [2.24, 2.45) is 0 Å². The topological polar surface area (TPSA) is 58.2 Å². The molecule has 0 atom stereocenters. The Hall–Kier alpha value is -1.50. The molecule has 0 bridgehead atoms. The van der Waals surface area contributed by atoms with Gasteiger partial charge in [-0.15, -0.1) is 0 Å². The highest BCUT2D eigenvalue weighted by atomic mass is 35.5. The van der Waals surface area contributed by atoms with Gasteiger partial charge in [0.25, 0.3) is 5.56 Å². The minimum Gasteiger partial charge on any atom is -0.495 e. The minimum absolute atomic E-state index is 0.0307. The van der Waals surface area contributed by atoms with Crippen LogP contribution in [-0.4, -0.2) is 34.8 Å². The first kappa shape index (κ1) is 16.4. The smallest absolute Gasteiger partial charge is 0.256 e. The number of aromatic amines is 1. The molecule has 0 spiro atoms. The summed E-state index contributed by atoms with van der Waals surface area (Å²) in [4.78, 5) is 21.8. The Morgan fingerprint density at radius 1 is 1.48 bits per heavy atom. The molecule has 0 unspecified atom stereocenters. The van der Waals surface area contributed by atoms with E-state index in [9.17, 15) is 4.79 Å². The van der Waals surface area contributed by atoms with Gasteiger partial charge in [-0.2, -0.15) is 0 Å². The van der Waals surface area contributed by atoms with Crippen LogP contribution in [0.2, 0.25) is 5.02 Å². The van der Waals surface area contributed by atoms with Crippen molar-refractivity contribution in [3.05, 3.63) is 50.4 Å². The van der Waals surface area contributed by atoms with Gasteiger partial charge in [0.15, 0.2) is 5.16 Å². The first-order valence-corrected chi connectivity index (χ1v) is 8.92. The molecule has 7 heteroatoms.